The molecule has 5 heteroatoms. The van der Waals surface area contributed by atoms with Crippen molar-refractivity contribution in [3.8, 4) is 23.0 Å². The van der Waals surface area contributed by atoms with Crippen LogP contribution < -0.4 is 0 Å². The van der Waals surface area contributed by atoms with E-state index in [0.717, 1.165) is 72.0 Å². The van der Waals surface area contributed by atoms with E-state index in [4.69, 9.17) is 0 Å². The number of aryl methyl sites for hydroxylation is 4. The lowest BCUT2D eigenvalue weighted by atomic mass is 9.81. The zero-order valence-corrected chi connectivity index (χ0v) is 38.6. The summed E-state index contributed by atoms with van der Waals surface area (Å²) in [6, 6.07) is 16.9. The van der Waals surface area contributed by atoms with Gasteiger partial charge in [0.25, 0.3) is 14.1 Å². The molecule has 298 valence electrons. The summed E-state index contributed by atoms with van der Waals surface area (Å²) < 4.78 is -0.796. The van der Waals surface area contributed by atoms with Crippen molar-refractivity contribution >= 4 is 14.1 Å². The number of aromatic hydroxyl groups is 4. The van der Waals surface area contributed by atoms with Gasteiger partial charge in [0.15, 0.2) is 0 Å². The van der Waals surface area contributed by atoms with Crippen molar-refractivity contribution < 1.29 is 20.4 Å². The number of phenolic OH excluding ortho intramolecular Hbond substituents is 4. The molecule has 4 aromatic carbocycles. The van der Waals surface area contributed by atoms with E-state index < -0.39 is 23.7 Å². The van der Waals surface area contributed by atoms with Crippen LogP contribution in [0.5, 0.6) is 23.0 Å². The summed E-state index contributed by atoms with van der Waals surface area (Å²) in [7, 11) is 0. The average molecular weight is 763 g/mol. The topological polar surface area (TPSA) is 80.9 Å². The van der Waals surface area contributed by atoms with E-state index in [9.17, 15) is 20.4 Å². The van der Waals surface area contributed by atoms with Gasteiger partial charge in [0.05, 0.1) is 0 Å². The molecular weight excluding hydrogens is 692 g/mol. The van der Waals surface area contributed by atoms with Gasteiger partial charge in [-0.3, -0.25) is 0 Å². The van der Waals surface area contributed by atoms with Gasteiger partial charge in [-0.05, 0) is 103 Å². The van der Waals surface area contributed by atoms with Crippen molar-refractivity contribution in [2.24, 2.45) is 5.92 Å². The van der Waals surface area contributed by atoms with Crippen molar-refractivity contribution in [2.45, 2.75) is 161 Å². The number of rotatable bonds is 8. The van der Waals surface area contributed by atoms with Gasteiger partial charge in [-0.1, -0.05) is 179 Å². The van der Waals surface area contributed by atoms with Crippen LogP contribution in [0.25, 0.3) is 0 Å². The quantitative estimate of drug-likeness (QED) is 0.135. The van der Waals surface area contributed by atoms with E-state index in [0.29, 0.717) is 0 Å². The summed E-state index contributed by atoms with van der Waals surface area (Å²) in [6.45, 7) is 38.4. The number of benzene rings is 4. The van der Waals surface area contributed by atoms with E-state index in [2.05, 4.69) is 173 Å². The van der Waals surface area contributed by atoms with E-state index in [1.165, 1.54) is 0 Å². The number of phenols is 4. The highest BCUT2D eigenvalue weighted by Crippen LogP contribution is 2.53. The largest absolute Gasteiger partial charge is 0.507 e. The van der Waals surface area contributed by atoms with Crippen LogP contribution in [0.1, 0.15) is 173 Å². The van der Waals surface area contributed by atoms with Gasteiger partial charge < -0.3 is 20.4 Å². The van der Waals surface area contributed by atoms with Crippen LogP contribution in [-0.2, 0) is 21.7 Å². The Labute approximate surface area is 338 Å². The summed E-state index contributed by atoms with van der Waals surface area (Å²) in [5.41, 5.74) is 9.48. The summed E-state index contributed by atoms with van der Waals surface area (Å²) in [4.78, 5) is 0. The molecule has 0 atom stereocenters. The standard InChI is InChI=1S/2C23H31O2.C4H9.Al/c2*1-14-9-16(20(24)18(11-14)22(3,4)5)13-17-10-15(2)12-19(21(17)25)23(6,7)8;1-4(2)3;/h2*9-13,24-25H,1-8H3;4H,1H2,2-3H3;. The second-order valence-corrected chi connectivity index (χ2v) is 24.4. The molecule has 0 aromatic heterocycles. The molecule has 4 N–H and O–H groups in total. The monoisotopic (exact) mass is 763 g/mol. The van der Waals surface area contributed by atoms with Gasteiger partial charge in [0.1, 0.15) is 23.0 Å². The van der Waals surface area contributed by atoms with Crippen molar-refractivity contribution in [2.75, 3.05) is 0 Å². The molecule has 55 heavy (non-hydrogen) atoms. The van der Waals surface area contributed by atoms with E-state index in [1.807, 2.05) is 0 Å². The molecule has 0 saturated carbocycles. The number of hydrogen-bond acceptors (Lipinski definition) is 4. The molecule has 0 aliphatic carbocycles. The fourth-order valence-electron chi connectivity index (χ4n) is 8.73. The smallest absolute Gasteiger partial charge is 0.294 e. The van der Waals surface area contributed by atoms with Gasteiger partial charge in [-0.25, -0.2) is 0 Å². The highest BCUT2D eigenvalue weighted by atomic mass is 27.2. The van der Waals surface area contributed by atoms with Crippen LogP contribution in [0.3, 0.4) is 0 Å². The highest BCUT2D eigenvalue weighted by molar-refractivity contribution is 6.64. The maximum atomic E-state index is 12.6. The summed E-state index contributed by atoms with van der Waals surface area (Å²) >= 11 is -2.56. The van der Waals surface area contributed by atoms with Crippen molar-refractivity contribution in [1.29, 1.82) is 0 Å². The van der Waals surface area contributed by atoms with Crippen molar-refractivity contribution in [1.82, 2.24) is 0 Å². The molecule has 0 aliphatic rings. The normalized spacial score (nSPS) is 13.0. The third-order valence-electron chi connectivity index (χ3n) is 11.3. The van der Waals surface area contributed by atoms with Gasteiger partial charge in [-0.2, -0.15) is 0 Å². The molecule has 0 bridgehead atoms. The second-order valence-electron chi connectivity index (χ2n) is 21.3. The first-order valence-electron chi connectivity index (χ1n) is 20.3. The molecule has 0 aliphatic heterocycles. The van der Waals surface area contributed by atoms with Gasteiger partial charge >= 0.3 is 0 Å². The van der Waals surface area contributed by atoms with E-state index in [1.54, 1.807) is 0 Å². The lowest BCUT2D eigenvalue weighted by molar-refractivity contribution is 0.432. The predicted octanol–water partition coefficient (Wildman–Crippen LogP) is 13.1. The highest BCUT2D eigenvalue weighted by Gasteiger charge is 2.46. The fourth-order valence-corrected chi connectivity index (χ4v) is 13.6. The first kappa shape index (κ1) is 44.3. The molecule has 4 rings (SSSR count). The summed E-state index contributed by atoms with van der Waals surface area (Å²) in [5.74, 6) is 1.28. The molecule has 0 heterocycles. The van der Waals surface area contributed by atoms with Crippen LogP contribution in [0.2, 0.25) is 5.28 Å². The predicted molar refractivity (Wildman–Crippen MR) is 235 cm³/mol. The van der Waals surface area contributed by atoms with Crippen molar-refractivity contribution in [3.63, 3.8) is 0 Å². The third-order valence-corrected chi connectivity index (χ3v) is 15.9. The minimum absolute atomic E-state index is 0.243. The van der Waals surface area contributed by atoms with Crippen LogP contribution in [0.15, 0.2) is 48.5 Å². The lowest BCUT2D eigenvalue weighted by Gasteiger charge is -2.37. The van der Waals surface area contributed by atoms with E-state index >= 15 is 0 Å². The summed E-state index contributed by atoms with van der Waals surface area (Å²) in [6.07, 6.45) is 0. The molecule has 0 amide bonds. The molecule has 4 aromatic rings. The van der Waals surface area contributed by atoms with Crippen LogP contribution in [0, 0.1) is 33.6 Å². The Morgan fingerprint density at radius 3 is 0.764 bits per heavy atom. The zero-order valence-electron chi connectivity index (χ0n) is 37.4. The second kappa shape index (κ2) is 15.5. The first-order valence-corrected chi connectivity index (χ1v) is 22.5. The summed E-state index contributed by atoms with van der Waals surface area (Å²) in [5, 5.41) is 51.3. The molecule has 0 unspecified atom stereocenters. The average Bonchev–Trinajstić information content (AvgIpc) is 3.00. The Bertz CT molecular complexity index is 1760. The lowest BCUT2D eigenvalue weighted by Crippen LogP contribution is -2.36. The zero-order chi connectivity index (χ0) is 41.9. The van der Waals surface area contributed by atoms with Crippen LogP contribution in [0.4, 0.5) is 0 Å². The van der Waals surface area contributed by atoms with Gasteiger partial charge in [-0.15, -0.1) is 0 Å². The Morgan fingerprint density at radius 1 is 0.400 bits per heavy atom. The maximum absolute atomic E-state index is 12.6. The number of hydrogen-bond donors (Lipinski definition) is 4. The van der Waals surface area contributed by atoms with Crippen LogP contribution in [-0.4, -0.2) is 34.6 Å². The van der Waals surface area contributed by atoms with Crippen LogP contribution >= 0.6 is 0 Å². The fraction of sp³-hybridized carbons (Fsp3) is 0.520. The third kappa shape index (κ3) is 9.43. The molecule has 0 spiro atoms. The SMILES string of the molecule is Cc1cc([CH](c2cc(C)cc(C(C)(C)C)c2O)[Al]([CH2]C(C)C)[CH](c2cc(C)cc(C(C)(C)C)c2O)c2cc(C)cc(C(C)(C)C)c2O)c(O)c(C(C)(C)C)c1. The first-order chi connectivity index (χ1) is 24.9. The van der Waals surface area contributed by atoms with Gasteiger partial charge in [0.2, 0.25) is 0 Å². The minimum Gasteiger partial charge on any atom is -0.507 e. The minimum atomic E-state index is -2.56. The Kier molecular flexibility index (Phi) is 12.5. The Balaban J connectivity index is 2.38. The molecule has 0 saturated heterocycles. The van der Waals surface area contributed by atoms with Gasteiger partial charge in [0, 0.05) is 0 Å². The molecule has 0 fully saturated rings. The Morgan fingerprint density at radius 2 is 0.600 bits per heavy atom. The molecule has 4 nitrogen and oxygen atoms in total. The molecule has 0 radical (unpaired) electrons. The van der Waals surface area contributed by atoms with Crippen molar-refractivity contribution in [3.05, 3.63) is 115 Å². The maximum Gasteiger partial charge on any atom is 0.294 e. The Hall–Kier alpha value is -3.39. The molecular formula is C50H71AlO4. The van der Waals surface area contributed by atoms with E-state index in [-0.39, 0.29) is 50.6 Å².